The molecular weight excluding hydrogens is 483 g/mol. The Morgan fingerprint density at radius 3 is 1.00 bits per heavy atom. The minimum atomic E-state index is 0. The van der Waals surface area contributed by atoms with Gasteiger partial charge in [0, 0.05) is 120 Å². The van der Waals surface area contributed by atoms with E-state index in [4.69, 9.17) is 0 Å². The Bertz CT molecular complexity index is 8.00. The molecule has 0 amide bonds. The van der Waals surface area contributed by atoms with Gasteiger partial charge in [0.2, 0.25) is 0 Å². The van der Waals surface area contributed by atoms with Crippen LogP contribution in [0.4, 0.5) is 0 Å². The van der Waals surface area contributed by atoms with E-state index in [1.807, 2.05) is 0 Å². The van der Waals surface area contributed by atoms with E-state index >= 15 is 0 Å². The Kier molecular flexibility index (Phi) is 93.9. The fourth-order valence-corrected chi connectivity index (χ4v) is 0. The third-order valence-corrected chi connectivity index (χ3v) is 0. The van der Waals surface area contributed by atoms with Crippen molar-refractivity contribution >= 4 is 12.4 Å². The van der Waals surface area contributed by atoms with Gasteiger partial charge in [0.1, 0.15) is 0 Å². The molecule has 0 aromatic rings. The van der Waals surface area contributed by atoms with E-state index in [1.165, 1.54) is 0 Å². The van der Waals surface area contributed by atoms with Crippen LogP contribution < -0.4 is 0 Å². The second kappa shape index (κ2) is 15.7. The van der Waals surface area contributed by atoms with Crippen LogP contribution in [0.25, 0.3) is 0 Å². The van der Waals surface area contributed by atoms with Gasteiger partial charge in [-0.05, 0) is 0 Å². The van der Waals surface area contributed by atoms with Gasteiger partial charge in [0.05, 0.1) is 0 Å². The quantitative estimate of drug-likeness (QED) is 0.468. The van der Waals surface area contributed by atoms with E-state index < -0.39 is 0 Å². The van der Waals surface area contributed by atoms with Gasteiger partial charge in [-0.15, -0.1) is 12.4 Å². The summed E-state index contributed by atoms with van der Waals surface area (Å²) in [7, 11) is 0. The molecule has 0 saturated heterocycles. The predicted molar refractivity (Wildman–Crippen MR) is 7.25 cm³/mol. The van der Waals surface area contributed by atoms with Gasteiger partial charge in [0.15, 0.2) is 0 Å². The van der Waals surface area contributed by atoms with Crippen LogP contribution >= 0.6 is 12.4 Å². The molecule has 4 heteroatoms. The minimum absolute atomic E-state index is 0. The summed E-state index contributed by atoms with van der Waals surface area (Å²) in [6, 6.07) is 0. The summed E-state index contributed by atoms with van der Waals surface area (Å²) in [5, 5.41) is 0. The SMILES string of the molecule is Cl.[Dy].[Nd].[Pr]. The molecule has 0 fully saturated rings. The van der Waals surface area contributed by atoms with Gasteiger partial charge < -0.3 is 0 Å². The third-order valence-electron chi connectivity index (χ3n) is 0. The van der Waals surface area contributed by atoms with E-state index in [2.05, 4.69) is 0 Å². The first kappa shape index (κ1) is 24.0. The van der Waals surface area contributed by atoms with Gasteiger partial charge in [-0.3, -0.25) is 0 Å². The van der Waals surface area contributed by atoms with E-state index in [0.29, 0.717) is 0 Å². The van der Waals surface area contributed by atoms with Crippen LogP contribution in [-0.4, -0.2) is 0 Å². The normalized spacial score (nSPS) is 0. The topological polar surface area (TPSA) is 0 Å². The monoisotopic (exact) mass is 483 g/mol. The van der Waals surface area contributed by atoms with Crippen LogP contribution in [0.3, 0.4) is 0 Å². The first-order chi connectivity index (χ1) is 0. The number of hydrogen-bond donors (Lipinski definition) is 0. The van der Waals surface area contributed by atoms with Crippen LogP contribution in [0.5, 0.6) is 0 Å². The van der Waals surface area contributed by atoms with Crippen LogP contribution in [-0.2, 0) is 0 Å². The minimum Gasteiger partial charge on any atom is -0.147 e. The maximum Gasteiger partial charge on any atom is 0 e. The fourth-order valence-electron chi connectivity index (χ4n) is 0. The molecule has 0 saturated carbocycles. The zero-order chi connectivity index (χ0) is 0. The van der Waals surface area contributed by atoms with E-state index in [9.17, 15) is 0 Å². The largest absolute Gasteiger partial charge is 0.147 e. The van der Waals surface area contributed by atoms with Gasteiger partial charge in [-0.1, -0.05) is 0 Å². The number of rotatable bonds is 0. The van der Waals surface area contributed by atoms with Crippen molar-refractivity contribution in [2.75, 3.05) is 0 Å². The maximum absolute atomic E-state index is 0. The first-order valence-corrected chi connectivity index (χ1v) is 0. The average Bonchev–Trinajstić information content (AvgIpc) is 0. The molecule has 0 spiro atoms. The molecule has 0 aliphatic rings. The van der Waals surface area contributed by atoms with Gasteiger partial charge >= 0.3 is 0 Å². The molecule has 0 aromatic heterocycles. The van der Waals surface area contributed by atoms with Crippen molar-refractivity contribution in [1.82, 2.24) is 0 Å². The molecule has 0 bridgehead atoms. The molecule has 25 valence electrons. The Morgan fingerprint density at radius 2 is 1.00 bits per heavy atom. The fraction of sp³-hybridized carbons (Fsp3) is 0. The van der Waals surface area contributed by atoms with E-state index in [1.54, 1.807) is 0 Å². The van der Waals surface area contributed by atoms with Crippen LogP contribution in [0.2, 0.25) is 0 Å². The molecule has 0 nitrogen and oxygen atoms in total. The summed E-state index contributed by atoms with van der Waals surface area (Å²) in [5.41, 5.74) is 0. The standard InChI is InChI=1S/ClH.Dy.Nd.Pr/h1H;;;. The second-order valence-electron chi connectivity index (χ2n) is 0. The summed E-state index contributed by atoms with van der Waals surface area (Å²) < 4.78 is 0. The molecule has 0 rings (SSSR count). The van der Waals surface area contributed by atoms with Crippen molar-refractivity contribution in [3.63, 3.8) is 0 Å². The smallest absolute Gasteiger partial charge is 0 e. The van der Waals surface area contributed by atoms with Gasteiger partial charge in [0.25, 0.3) is 0 Å². The molecule has 0 aliphatic heterocycles. The Hall–Kier alpha value is 4.28. The van der Waals surface area contributed by atoms with Crippen LogP contribution in [0.15, 0.2) is 0 Å². The van der Waals surface area contributed by atoms with Crippen LogP contribution in [0, 0.1) is 120 Å². The Morgan fingerprint density at radius 1 is 1.00 bits per heavy atom. The zero-order valence-electron chi connectivity index (χ0n) is 1.80. The third kappa shape index (κ3) is 9.56. The summed E-state index contributed by atoms with van der Waals surface area (Å²) >= 11 is 0. The molecule has 0 unspecified atom stereocenters. The molecule has 1 radical (unpaired) electrons. The van der Waals surface area contributed by atoms with E-state index in [-0.39, 0.29) is 133 Å². The Labute approximate surface area is 129 Å². The number of hydrogen-bond acceptors (Lipinski definition) is 0. The molecular formula is HClDyNdPr. The van der Waals surface area contributed by atoms with Crippen molar-refractivity contribution in [2.24, 2.45) is 0 Å². The van der Waals surface area contributed by atoms with Crippen molar-refractivity contribution < 1.29 is 120 Å². The van der Waals surface area contributed by atoms with E-state index in [0.717, 1.165) is 0 Å². The summed E-state index contributed by atoms with van der Waals surface area (Å²) in [6.07, 6.45) is 0. The predicted octanol–water partition coefficient (Wildman–Crippen LogP) is 0.422. The molecule has 0 heterocycles. The van der Waals surface area contributed by atoms with Gasteiger partial charge in [-0.2, -0.15) is 0 Å². The zero-order valence-corrected chi connectivity index (χ0v) is 11.6. The average molecular weight is 484 g/mol. The van der Waals surface area contributed by atoms with Crippen molar-refractivity contribution in [1.29, 1.82) is 0 Å². The maximum atomic E-state index is 0. The molecule has 0 aromatic carbocycles. The first-order valence-electron chi connectivity index (χ1n) is 0. The Balaban J connectivity index is 0. The van der Waals surface area contributed by atoms with Crippen molar-refractivity contribution in [3.8, 4) is 0 Å². The molecule has 0 N–H and O–H groups in total. The van der Waals surface area contributed by atoms with Crippen molar-refractivity contribution in [2.45, 2.75) is 0 Å². The van der Waals surface area contributed by atoms with Gasteiger partial charge in [-0.25, -0.2) is 0 Å². The summed E-state index contributed by atoms with van der Waals surface area (Å²) in [6.45, 7) is 0. The summed E-state index contributed by atoms with van der Waals surface area (Å²) in [4.78, 5) is 0. The molecule has 4 heavy (non-hydrogen) atoms. The summed E-state index contributed by atoms with van der Waals surface area (Å²) in [5.74, 6) is 0. The van der Waals surface area contributed by atoms with Crippen LogP contribution in [0.1, 0.15) is 0 Å². The number of halogens is 1. The molecule has 0 aliphatic carbocycles. The van der Waals surface area contributed by atoms with Crippen molar-refractivity contribution in [3.05, 3.63) is 0 Å². The second-order valence-corrected chi connectivity index (χ2v) is 0. The molecule has 0 atom stereocenters.